The maximum Gasteiger partial charge on any atom is 0.245 e. The van der Waals surface area contributed by atoms with Gasteiger partial charge < -0.3 is 14.4 Å². The van der Waals surface area contributed by atoms with Crippen LogP contribution in [0.15, 0.2) is 36.7 Å². The van der Waals surface area contributed by atoms with Crippen molar-refractivity contribution in [1.29, 1.82) is 0 Å². The predicted molar refractivity (Wildman–Crippen MR) is 100 cm³/mol. The third-order valence-corrected chi connectivity index (χ3v) is 5.88. The van der Waals surface area contributed by atoms with Crippen molar-refractivity contribution in [3.05, 3.63) is 42.5 Å². The Morgan fingerprint density at radius 2 is 1.96 bits per heavy atom. The van der Waals surface area contributed by atoms with Crippen LogP contribution in [0.4, 0.5) is 5.13 Å². The van der Waals surface area contributed by atoms with Gasteiger partial charge in [0.2, 0.25) is 5.91 Å². The van der Waals surface area contributed by atoms with Crippen LogP contribution in [0.25, 0.3) is 10.2 Å². The fourth-order valence-corrected chi connectivity index (χ4v) is 4.31. The molecule has 1 amide bonds. The first-order chi connectivity index (χ1) is 12.1. The van der Waals surface area contributed by atoms with Gasteiger partial charge in [-0.25, -0.2) is 9.97 Å². The highest BCUT2D eigenvalue weighted by Crippen LogP contribution is 2.29. The molecule has 6 nitrogen and oxygen atoms in total. The van der Waals surface area contributed by atoms with Gasteiger partial charge in [0.15, 0.2) is 5.13 Å². The molecule has 1 aromatic carbocycles. The number of nitrogens with zero attached hydrogens (tertiary/aromatic N) is 5. The summed E-state index contributed by atoms with van der Waals surface area (Å²) in [6.45, 7) is 6.97. The summed E-state index contributed by atoms with van der Waals surface area (Å²) >= 11 is 1.72. The van der Waals surface area contributed by atoms with Crippen LogP contribution in [0.3, 0.4) is 0 Å². The van der Waals surface area contributed by atoms with Gasteiger partial charge in [-0.3, -0.25) is 4.79 Å². The number of carbonyl (C=O) groups excluding carboxylic acids is 1. The maximum atomic E-state index is 12.8. The lowest BCUT2D eigenvalue weighted by Crippen LogP contribution is -2.50. The average Bonchev–Trinajstić information content (AvgIpc) is 3.26. The third kappa shape index (κ3) is 3.00. The zero-order valence-electron chi connectivity index (χ0n) is 14.4. The van der Waals surface area contributed by atoms with Gasteiger partial charge in [0.1, 0.15) is 11.9 Å². The number of hydrogen-bond donors (Lipinski definition) is 0. The summed E-state index contributed by atoms with van der Waals surface area (Å²) in [7, 11) is 0. The molecule has 1 unspecified atom stereocenters. The van der Waals surface area contributed by atoms with Crippen LogP contribution >= 0.6 is 11.3 Å². The van der Waals surface area contributed by atoms with Crippen LogP contribution in [-0.2, 0) is 4.79 Å². The first-order valence-corrected chi connectivity index (χ1v) is 9.34. The third-order valence-electron chi connectivity index (χ3n) is 4.78. The summed E-state index contributed by atoms with van der Waals surface area (Å²) < 4.78 is 3.14. The van der Waals surface area contributed by atoms with E-state index in [4.69, 9.17) is 4.98 Å². The minimum atomic E-state index is -0.212. The van der Waals surface area contributed by atoms with Crippen LogP contribution in [0.2, 0.25) is 0 Å². The number of anilines is 1. The standard InChI is InChI=1S/C18H21N5OS/c1-13(23-8-7-19-14(23)2)17(24)21-9-11-22(12-10-21)18-20-15-5-3-4-6-16(15)25-18/h3-8,13H,9-12H2,1-2H3. The fourth-order valence-electron chi connectivity index (χ4n) is 3.29. The summed E-state index contributed by atoms with van der Waals surface area (Å²) in [5.74, 6) is 1.03. The molecule has 1 saturated heterocycles. The summed E-state index contributed by atoms with van der Waals surface area (Å²) in [6.07, 6.45) is 3.61. The second-order valence-electron chi connectivity index (χ2n) is 6.33. The number of para-hydroxylation sites is 1. The molecule has 3 aromatic rings. The Morgan fingerprint density at radius 1 is 1.20 bits per heavy atom. The number of thiazole rings is 1. The van der Waals surface area contributed by atoms with Gasteiger partial charge >= 0.3 is 0 Å². The van der Waals surface area contributed by atoms with Gasteiger partial charge in [-0.2, -0.15) is 0 Å². The highest BCUT2D eigenvalue weighted by molar-refractivity contribution is 7.22. The number of carbonyl (C=O) groups is 1. The summed E-state index contributed by atoms with van der Waals surface area (Å²) in [6, 6.07) is 7.99. The van der Waals surface area contributed by atoms with Crippen LogP contribution in [-0.4, -0.2) is 51.5 Å². The molecule has 3 heterocycles. The highest BCUT2D eigenvalue weighted by atomic mass is 32.1. The van der Waals surface area contributed by atoms with Crippen molar-refractivity contribution in [2.45, 2.75) is 19.9 Å². The monoisotopic (exact) mass is 355 g/mol. The van der Waals surface area contributed by atoms with Crippen LogP contribution in [0.5, 0.6) is 0 Å². The van der Waals surface area contributed by atoms with E-state index in [1.54, 1.807) is 17.5 Å². The molecular weight excluding hydrogens is 334 g/mol. The van der Waals surface area contributed by atoms with Gasteiger partial charge in [-0.05, 0) is 26.0 Å². The molecule has 25 heavy (non-hydrogen) atoms. The van der Waals surface area contributed by atoms with Crippen molar-refractivity contribution in [2.75, 3.05) is 31.1 Å². The number of piperazine rings is 1. The number of imidazole rings is 1. The van der Waals surface area contributed by atoms with E-state index in [9.17, 15) is 4.79 Å². The molecule has 0 aliphatic carbocycles. The number of rotatable bonds is 3. The van der Waals surface area contributed by atoms with Crippen molar-refractivity contribution in [3.8, 4) is 0 Å². The number of fused-ring (bicyclic) bond motifs is 1. The molecule has 130 valence electrons. The predicted octanol–water partition coefficient (Wildman–Crippen LogP) is 2.71. The van der Waals surface area contributed by atoms with E-state index in [2.05, 4.69) is 16.0 Å². The summed E-state index contributed by atoms with van der Waals surface area (Å²) in [5.41, 5.74) is 1.05. The zero-order valence-corrected chi connectivity index (χ0v) is 15.2. The van der Waals surface area contributed by atoms with Crippen LogP contribution in [0.1, 0.15) is 18.8 Å². The van der Waals surface area contributed by atoms with Crippen LogP contribution < -0.4 is 4.90 Å². The van der Waals surface area contributed by atoms with Gasteiger partial charge in [0.05, 0.1) is 10.2 Å². The molecule has 2 aromatic heterocycles. The lowest BCUT2D eigenvalue weighted by atomic mass is 10.2. The number of aromatic nitrogens is 3. The van der Waals surface area contributed by atoms with Crippen molar-refractivity contribution >= 4 is 32.6 Å². The van der Waals surface area contributed by atoms with Crippen molar-refractivity contribution in [2.24, 2.45) is 0 Å². The minimum absolute atomic E-state index is 0.157. The Hall–Kier alpha value is -2.41. The Kier molecular flexibility index (Phi) is 4.17. The maximum absolute atomic E-state index is 12.8. The van der Waals surface area contributed by atoms with Crippen molar-refractivity contribution in [3.63, 3.8) is 0 Å². The van der Waals surface area contributed by atoms with Gasteiger partial charge in [0.25, 0.3) is 0 Å². The SMILES string of the molecule is Cc1nccn1C(C)C(=O)N1CCN(c2nc3ccccc3s2)CC1. The first-order valence-electron chi connectivity index (χ1n) is 8.52. The molecule has 0 radical (unpaired) electrons. The quantitative estimate of drug-likeness (QED) is 0.725. The Bertz CT molecular complexity index is 861. The van der Waals surface area contributed by atoms with E-state index in [-0.39, 0.29) is 11.9 Å². The number of amides is 1. The number of benzene rings is 1. The van der Waals surface area contributed by atoms with Gasteiger partial charge in [-0.15, -0.1) is 0 Å². The molecule has 0 bridgehead atoms. The Balaban J connectivity index is 1.42. The first kappa shape index (κ1) is 16.1. The summed E-state index contributed by atoms with van der Waals surface area (Å²) in [4.78, 5) is 25.9. The van der Waals surface area contributed by atoms with E-state index in [0.717, 1.165) is 42.7 Å². The van der Waals surface area contributed by atoms with Crippen molar-refractivity contribution in [1.82, 2.24) is 19.4 Å². The molecule has 7 heteroatoms. The second-order valence-corrected chi connectivity index (χ2v) is 7.34. The second kappa shape index (κ2) is 6.48. The Morgan fingerprint density at radius 3 is 2.64 bits per heavy atom. The average molecular weight is 355 g/mol. The normalized spacial score (nSPS) is 16.4. The molecule has 1 fully saturated rings. The van der Waals surface area contributed by atoms with E-state index in [0.29, 0.717) is 0 Å². The van der Waals surface area contributed by atoms with E-state index in [1.807, 2.05) is 47.7 Å². The number of hydrogen-bond acceptors (Lipinski definition) is 5. The van der Waals surface area contributed by atoms with Gasteiger partial charge in [0, 0.05) is 38.6 Å². The molecule has 1 aliphatic rings. The minimum Gasteiger partial charge on any atom is -0.345 e. The van der Waals surface area contributed by atoms with E-state index < -0.39 is 0 Å². The highest BCUT2D eigenvalue weighted by Gasteiger charge is 2.27. The lowest BCUT2D eigenvalue weighted by Gasteiger charge is -2.36. The topological polar surface area (TPSA) is 54.3 Å². The largest absolute Gasteiger partial charge is 0.345 e. The van der Waals surface area contributed by atoms with Gasteiger partial charge in [-0.1, -0.05) is 23.5 Å². The molecule has 4 rings (SSSR count). The Labute approximate surface area is 150 Å². The fraction of sp³-hybridized carbons (Fsp3) is 0.389. The molecule has 0 saturated carbocycles. The molecule has 1 atom stereocenters. The van der Waals surface area contributed by atoms with E-state index in [1.165, 1.54) is 4.70 Å². The van der Waals surface area contributed by atoms with Crippen LogP contribution in [0, 0.1) is 6.92 Å². The number of aryl methyl sites for hydroxylation is 1. The molecular formula is C18H21N5OS. The smallest absolute Gasteiger partial charge is 0.245 e. The van der Waals surface area contributed by atoms with E-state index >= 15 is 0 Å². The summed E-state index contributed by atoms with van der Waals surface area (Å²) in [5, 5.41) is 1.05. The molecule has 0 spiro atoms. The molecule has 1 aliphatic heterocycles. The zero-order chi connectivity index (χ0) is 17.4. The van der Waals surface area contributed by atoms with Crippen molar-refractivity contribution < 1.29 is 4.79 Å². The molecule has 0 N–H and O–H groups in total. The lowest BCUT2D eigenvalue weighted by molar-refractivity contribution is -0.134.